The Morgan fingerprint density at radius 3 is 2.67 bits per heavy atom. The van der Waals surface area contributed by atoms with Gasteiger partial charge in [0.2, 0.25) is 5.91 Å². The fourth-order valence-electron chi connectivity index (χ4n) is 1.49. The highest BCUT2D eigenvalue weighted by molar-refractivity contribution is 5.82. The van der Waals surface area contributed by atoms with Crippen LogP contribution in [0.25, 0.3) is 0 Å². The van der Waals surface area contributed by atoms with Crippen LogP contribution in [-0.4, -0.2) is 20.0 Å². The van der Waals surface area contributed by atoms with Gasteiger partial charge < -0.3 is 10.6 Å². The molecule has 2 N–H and O–H groups in total. The van der Waals surface area contributed by atoms with Crippen LogP contribution in [0.2, 0.25) is 0 Å². The van der Waals surface area contributed by atoms with E-state index < -0.39 is 0 Å². The standard InChI is InChI=1S/C12H17N2O/c1-4-11(12(13)15)9-6-5-7-10(8-9)14(2)3/h5-8,11H,1,4H2,2-3H3,(H2,13,15). The van der Waals surface area contributed by atoms with Gasteiger partial charge in [0.05, 0.1) is 5.92 Å². The summed E-state index contributed by atoms with van der Waals surface area (Å²) in [6, 6.07) is 7.80. The predicted molar refractivity (Wildman–Crippen MR) is 62.7 cm³/mol. The predicted octanol–water partition coefficient (Wildman–Crippen LogP) is 1.55. The third-order valence-electron chi connectivity index (χ3n) is 2.42. The molecule has 0 bridgehead atoms. The van der Waals surface area contributed by atoms with Crippen molar-refractivity contribution in [1.82, 2.24) is 0 Å². The first-order chi connectivity index (χ1) is 7.06. The second-order valence-electron chi connectivity index (χ2n) is 3.73. The summed E-state index contributed by atoms with van der Waals surface area (Å²) in [5, 5.41) is 0. The lowest BCUT2D eigenvalue weighted by atomic mass is 9.95. The Morgan fingerprint density at radius 2 is 2.20 bits per heavy atom. The van der Waals surface area contributed by atoms with E-state index in [0.717, 1.165) is 11.3 Å². The summed E-state index contributed by atoms with van der Waals surface area (Å²) in [5.74, 6) is -0.606. The number of carbonyl (C=O) groups is 1. The fraction of sp³-hybridized carbons (Fsp3) is 0.333. The second-order valence-corrected chi connectivity index (χ2v) is 3.73. The van der Waals surface area contributed by atoms with Crippen LogP contribution < -0.4 is 10.6 Å². The van der Waals surface area contributed by atoms with Crippen molar-refractivity contribution in [3.8, 4) is 0 Å². The number of hydrogen-bond donors (Lipinski definition) is 1. The molecule has 0 aliphatic carbocycles. The first kappa shape index (κ1) is 11.6. The van der Waals surface area contributed by atoms with Crippen LogP contribution in [0.3, 0.4) is 0 Å². The molecule has 1 unspecified atom stereocenters. The maximum atomic E-state index is 11.2. The maximum absolute atomic E-state index is 11.2. The second kappa shape index (κ2) is 4.82. The van der Waals surface area contributed by atoms with E-state index in [1.54, 1.807) is 0 Å². The maximum Gasteiger partial charge on any atom is 0.224 e. The van der Waals surface area contributed by atoms with Crippen molar-refractivity contribution in [2.24, 2.45) is 5.73 Å². The molecular formula is C12H17N2O. The van der Waals surface area contributed by atoms with Crippen molar-refractivity contribution in [2.75, 3.05) is 19.0 Å². The molecule has 0 aliphatic heterocycles. The summed E-state index contributed by atoms with van der Waals surface area (Å²) in [6.07, 6.45) is 0.492. The molecule has 1 rings (SSSR count). The van der Waals surface area contributed by atoms with Gasteiger partial charge in [-0.05, 0) is 24.1 Å². The Hall–Kier alpha value is -1.51. The van der Waals surface area contributed by atoms with E-state index in [-0.39, 0.29) is 11.8 Å². The van der Waals surface area contributed by atoms with Crippen LogP contribution in [0.15, 0.2) is 24.3 Å². The number of anilines is 1. The van der Waals surface area contributed by atoms with Crippen molar-refractivity contribution in [3.05, 3.63) is 36.8 Å². The van der Waals surface area contributed by atoms with Crippen LogP contribution in [0.5, 0.6) is 0 Å². The van der Waals surface area contributed by atoms with Crippen LogP contribution in [0.1, 0.15) is 17.9 Å². The number of nitrogens with two attached hydrogens (primary N) is 1. The Kier molecular flexibility index (Phi) is 3.72. The summed E-state index contributed by atoms with van der Waals surface area (Å²) in [7, 11) is 3.92. The SMILES string of the molecule is [CH2]CC(C(N)=O)c1cccc(N(C)C)c1. The first-order valence-electron chi connectivity index (χ1n) is 4.92. The molecule has 0 spiro atoms. The van der Waals surface area contributed by atoms with E-state index in [1.165, 1.54) is 0 Å². The molecule has 0 aromatic heterocycles. The van der Waals surface area contributed by atoms with Crippen LogP contribution >= 0.6 is 0 Å². The van der Waals surface area contributed by atoms with E-state index in [1.807, 2.05) is 43.3 Å². The first-order valence-corrected chi connectivity index (χ1v) is 4.92. The average Bonchev–Trinajstić information content (AvgIpc) is 2.18. The van der Waals surface area contributed by atoms with E-state index in [0.29, 0.717) is 6.42 Å². The molecule has 1 radical (unpaired) electrons. The van der Waals surface area contributed by atoms with Crippen molar-refractivity contribution in [3.63, 3.8) is 0 Å². The number of amides is 1. The molecule has 1 amide bonds. The minimum atomic E-state index is -0.319. The highest BCUT2D eigenvalue weighted by Gasteiger charge is 2.15. The van der Waals surface area contributed by atoms with E-state index in [2.05, 4.69) is 6.92 Å². The lowest BCUT2D eigenvalue weighted by molar-refractivity contribution is -0.119. The van der Waals surface area contributed by atoms with Crippen molar-refractivity contribution < 1.29 is 4.79 Å². The molecule has 3 nitrogen and oxygen atoms in total. The zero-order chi connectivity index (χ0) is 11.4. The largest absolute Gasteiger partial charge is 0.378 e. The van der Waals surface area contributed by atoms with Gasteiger partial charge in [-0.3, -0.25) is 4.79 Å². The lowest BCUT2D eigenvalue weighted by Crippen LogP contribution is -2.21. The molecule has 1 aromatic carbocycles. The highest BCUT2D eigenvalue weighted by atomic mass is 16.1. The zero-order valence-electron chi connectivity index (χ0n) is 9.23. The molecule has 0 aliphatic rings. The summed E-state index contributed by atoms with van der Waals surface area (Å²) in [5.41, 5.74) is 7.31. The Labute approximate surface area is 90.9 Å². The van der Waals surface area contributed by atoms with Crippen LogP contribution in [0.4, 0.5) is 5.69 Å². The van der Waals surface area contributed by atoms with Gasteiger partial charge in [0.1, 0.15) is 0 Å². The van der Waals surface area contributed by atoms with Gasteiger partial charge >= 0.3 is 0 Å². The van der Waals surface area contributed by atoms with E-state index in [4.69, 9.17) is 5.73 Å². The quantitative estimate of drug-likeness (QED) is 0.810. The third kappa shape index (κ3) is 2.72. The van der Waals surface area contributed by atoms with Gasteiger partial charge in [-0.2, -0.15) is 0 Å². The summed E-state index contributed by atoms with van der Waals surface area (Å²) >= 11 is 0. The normalized spacial score (nSPS) is 12.2. The summed E-state index contributed by atoms with van der Waals surface area (Å²) < 4.78 is 0. The number of carbonyl (C=O) groups excluding carboxylic acids is 1. The molecule has 81 valence electrons. The molecule has 3 heteroatoms. The molecule has 0 saturated carbocycles. The molecule has 15 heavy (non-hydrogen) atoms. The van der Waals surface area contributed by atoms with E-state index >= 15 is 0 Å². The smallest absolute Gasteiger partial charge is 0.224 e. The van der Waals surface area contributed by atoms with Gasteiger partial charge in [-0.15, -0.1) is 0 Å². The Balaban J connectivity index is 3.03. The van der Waals surface area contributed by atoms with Crippen LogP contribution in [-0.2, 0) is 4.79 Å². The van der Waals surface area contributed by atoms with Crippen molar-refractivity contribution in [1.29, 1.82) is 0 Å². The minimum Gasteiger partial charge on any atom is -0.378 e. The molecule has 0 heterocycles. The Bertz CT molecular complexity index is 347. The van der Waals surface area contributed by atoms with Gasteiger partial charge in [0.15, 0.2) is 0 Å². The number of nitrogens with zero attached hydrogens (tertiary/aromatic N) is 1. The fourth-order valence-corrected chi connectivity index (χ4v) is 1.49. The summed E-state index contributed by atoms with van der Waals surface area (Å²) in [6.45, 7) is 3.74. The third-order valence-corrected chi connectivity index (χ3v) is 2.42. The van der Waals surface area contributed by atoms with Crippen molar-refractivity contribution >= 4 is 11.6 Å². The van der Waals surface area contributed by atoms with Gasteiger partial charge in [-0.1, -0.05) is 19.1 Å². The number of benzene rings is 1. The van der Waals surface area contributed by atoms with Gasteiger partial charge in [0.25, 0.3) is 0 Å². The topological polar surface area (TPSA) is 46.3 Å². The molecule has 1 atom stereocenters. The zero-order valence-corrected chi connectivity index (χ0v) is 9.23. The number of hydrogen-bond acceptors (Lipinski definition) is 2. The highest BCUT2D eigenvalue weighted by Crippen LogP contribution is 2.22. The van der Waals surface area contributed by atoms with Gasteiger partial charge in [-0.25, -0.2) is 0 Å². The minimum absolute atomic E-state index is 0.287. The number of primary amides is 1. The molecular weight excluding hydrogens is 188 g/mol. The molecule has 0 fully saturated rings. The summed E-state index contributed by atoms with van der Waals surface area (Å²) in [4.78, 5) is 13.2. The van der Waals surface area contributed by atoms with Crippen molar-refractivity contribution in [2.45, 2.75) is 12.3 Å². The average molecular weight is 205 g/mol. The molecule has 0 saturated heterocycles. The van der Waals surface area contributed by atoms with E-state index in [9.17, 15) is 4.79 Å². The lowest BCUT2D eigenvalue weighted by Gasteiger charge is -2.16. The Morgan fingerprint density at radius 1 is 1.53 bits per heavy atom. The monoisotopic (exact) mass is 205 g/mol. The van der Waals surface area contributed by atoms with Gasteiger partial charge in [0, 0.05) is 19.8 Å². The number of rotatable bonds is 4. The van der Waals surface area contributed by atoms with Crippen LogP contribution in [0, 0.1) is 6.92 Å². The molecule has 1 aromatic rings.